The van der Waals surface area contributed by atoms with Crippen LogP contribution in [0.4, 0.5) is 13.2 Å². The normalized spacial score (nSPS) is 15.5. The lowest BCUT2D eigenvalue weighted by Gasteiger charge is -2.30. The summed E-state index contributed by atoms with van der Waals surface area (Å²) in [6.45, 7) is 3.11. The maximum atomic E-state index is 13.6. The Morgan fingerprint density at radius 3 is 2.44 bits per heavy atom. The van der Waals surface area contributed by atoms with Crippen molar-refractivity contribution >= 4 is 29.6 Å². The number of hydrogen-bond donors (Lipinski definition) is 0. The molecule has 0 aromatic heterocycles. The van der Waals surface area contributed by atoms with E-state index >= 15 is 0 Å². The summed E-state index contributed by atoms with van der Waals surface area (Å²) in [6, 6.07) is 2.78. The van der Waals surface area contributed by atoms with Crippen molar-refractivity contribution in [3.8, 4) is 5.75 Å². The van der Waals surface area contributed by atoms with Crippen molar-refractivity contribution in [2.75, 3.05) is 26.6 Å². The Morgan fingerprint density at radius 1 is 1.18 bits per heavy atom. The van der Waals surface area contributed by atoms with Crippen molar-refractivity contribution in [3.63, 3.8) is 0 Å². The van der Waals surface area contributed by atoms with Crippen LogP contribution in [-0.2, 0) is 34.1 Å². The first-order valence-corrected chi connectivity index (χ1v) is 10.0. The molecule has 0 N–H and O–H groups in total. The summed E-state index contributed by atoms with van der Waals surface area (Å²) < 4.78 is 59.8. The van der Waals surface area contributed by atoms with Gasteiger partial charge in [-0.15, -0.1) is 10.1 Å². The average molecular weight is 512 g/mol. The summed E-state index contributed by atoms with van der Waals surface area (Å²) in [7, 11) is 0. The zero-order valence-electron chi connectivity index (χ0n) is 18.3. The molecular formula is C20H21ClF3NO9. The van der Waals surface area contributed by atoms with Crippen molar-refractivity contribution in [2.24, 2.45) is 0 Å². The van der Waals surface area contributed by atoms with E-state index in [-0.39, 0.29) is 22.9 Å². The fourth-order valence-corrected chi connectivity index (χ4v) is 3.26. The van der Waals surface area contributed by atoms with Crippen molar-refractivity contribution in [1.82, 2.24) is 0 Å². The van der Waals surface area contributed by atoms with Gasteiger partial charge < -0.3 is 23.8 Å². The SMILES string of the molecule is CC(C)(C)c1cc2c(cc1Cl)C=C(C(=O)OCOC(=O)COCCO[N+](=O)[O-])C(C(F)(F)F)O2. The lowest BCUT2D eigenvalue weighted by molar-refractivity contribution is -0.758. The van der Waals surface area contributed by atoms with E-state index < -0.39 is 60.3 Å². The molecule has 1 aliphatic heterocycles. The number of rotatable bonds is 9. The Balaban J connectivity index is 2.06. The second-order valence-corrected chi connectivity index (χ2v) is 8.34. The number of fused-ring (bicyclic) bond motifs is 1. The minimum atomic E-state index is -4.94. The van der Waals surface area contributed by atoms with E-state index in [9.17, 15) is 32.9 Å². The Kier molecular flexibility index (Phi) is 8.72. The van der Waals surface area contributed by atoms with Crippen molar-refractivity contribution in [2.45, 2.75) is 38.5 Å². The number of carbonyl (C=O) groups excluding carboxylic acids is 2. The quantitative estimate of drug-likeness (QED) is 0.161. The second kappa shape index (κ2) is 10.9. The molecule has 0 aliphatic carbocycles. The van der Waals surface area contributed by atoms with Crippen LogP contribution in [0.3, 0.4) is 0 Å². The Morgan fingerprint density at radius 2 is 1.85 bits per heavy atom. The Hall–Kier alpha value is -3.06. The Bertz CT molecular complexity index is 973. The average Bonchev–Trinajstić information content (AvgIpc) is 2.70. The summed E-state index contributed by atoms with van der Waals surface area (Å²) in [5.74, 6) is -2.54. The highest BCUT2D eigenvalue weighted by Gasteiger charge is 2.49. The molecule has 14 heteroatoms. The lowest BCUT2D eigenvalue weighted by atomic mass is 9.85. The third kappa shape index (κ3) is 7.48. The van der Waals surface area contributed by atoms with Crippen LogP contribution in [-0.4, -0.2) is 55.9 Å². The van der Waals surface area contributed by atoms with Crippen LogP contribution in [0.25, 0.3) is 6.08 Å². The summed E-state index contributed by atoms with van der Waals surface area (Å²) in [5, 5.41) is 9.19. The predicted octanol–water partition coefficient (Wildman–Crippen LogP) is 3.61. The van der Waals surface area contributed by atoms with Gasteiger partial charge in [0, 0.05) is 10.6 Å². The van der Waals surface area contributed by atoms with E-state index in [1.165, 1.54) is 12.1 Å². The van der Waals surface area contributed by atoms with Gasteiger partial charge in [-0.3, -0.25) is 0 Å². The van der Waals surface area contributed by atoms with Gasteiger partial charge in [0.05, 0.1) is 12.2 Å². The van der Waals surface area contributed by atoms with E-state index in [0.29, 0.717) is 5.56 Å². The standard InChI is InChI=1S/C20H21ClF3NO9/c1-19(2,3)13-8-15-11(7-14(13)21)6-12(17(34-15)20(22,23)24)18(27)32-10-31-16(26)9-30-4-5-33-25(28)29/h6-8,17H,4-5,9-10H2,1-3H3. The first-order valence-electron chi connectivity index (χ1n) is 9.67. The van der Waals surface area contributed by atoms with Gasteiger partial charge >= 0.3 is 18.1 Å². The number of hydrogen-bond acceptors (Lipinski definition) is 9. The van der Waals surface area contributed by atoms with Gasteiger partial charge in [0.25, 0.3) is 5.09 Å². The van der Waals surface area contributed by atoms with E-state index in [4.69, 9.17) is 21.1 Å². The molecule has 0 amide bonds. The number of esters is 2. The number of nitrogens with zero attached hydrogens (tertiary/aromatic N) is 1. The molecule has 1 aliphatic rings. The van der Waals surface area contributed by atoms with E-state index in [2.05, 4.69) is 14.3 Å². The van der Waals surface area contributed by atoms with Crippen LogP contribution < -0.4 is 4.74 Å². The van der Waals surface area contributed by atoms with E-state index in [0.717, 1.165) is 6.08 Å². The molecule has 0 spiro atoms. The highest BCUT2D eigenvalue weighted by molar-refractivity contribution is 6.31. The van der Waals surface area contributed by atoms with Gasteiger partial charge in [-0.05, 0) is 29.2 Å². The van der Waals surface area contributed by atoms with Crippen LogP contribution in [0.5, 0.6) is 5.75 Å². The molecule has 188 valence electrons. The van der Waals surface area contributed by atoms with Gasteiger partial charge in [0.15, 0.2) is 0 Å². The molecule has 0 fully saturated rings. The van der Waals surface area contributed by atoms with Crippen molar-refractivity contribution < 1.29 is 51.6 Å². The molecule has 1 aromatic carbocycles. The third-order valence-electron chi connectivity index (χ3n) is 4.33. The molecule has 0 saturated heterocycles. The molecule has 0 radical (unpaired) electrons. The van der Waals surface area contributed by atoms with Gasteiger partial charge in [-0.1, -0.05) is 32.4 Å². The molecule has 10 nitrogen and oxygen atoms in total. The second-order valence-electron chi connectivity index (χ2n) is 7.93. The molecule has 1 aromatic rings. The number of benzene rings is 1. The Labute approximate surface area is 196 Å². The van der Waals surface area contributed by atoms with E-state index in [1.54, 1.807) is 0 Å². The number of ether oxygens (including phenoxy) is 4. The maximum absolute atomic E-state index is 13.6. The van der Waals surface area contributed by atoms with Gasteiger partial charge in [-0.2, -0.15) is 13.2 Å². The van der Waals surface area contributed by atoms with Crippen molar-refractivity contribution in [1.29, 1.82) is 0 Å². The minimum absolute atomic E-state index is 0.0992. The summed E-state index contributed by atoms with van der Waals surface area (Å²) in [6.07, 6.45) is -6.60. The van der Waals surface area contributed by atoms with Crippen LogP contribution >= 0.6 is 11.6 Å². The fraction of sp³-hybridized carbons (Fsp3) is 0.500. The zero-order valence-corrected chi connectivity index (χ0v) is 19.0. The van der Waals surface area contributed by atoms with Crippen LogP contribution in [0, 0.1) is 10.1 Å². The fourth-order valence-electron chi connectivity index (χ4n) is 2.80. The number of carbonyl (C=O) groups is 2. The third-order valence-corrected chi connectivity index (χ3v) is 4.65. The largest absolute Gasteiger partial charge is 0.475 e. The monoisotopic (exact) mass is 511 g/mol. The molecule has 0 bridgehead atoms. The molecule has 1 heterocycles. The summed E-state index contributed by atoms with van der Waals surface area (Å²) in [5.41, 5.74) is -0.622. The molecule has 1 atom stereocenters. The van der Waals surface area contributed by atoms with Gasteiger partial charge in [0.2, 0.25) is 12.9 Å². The van der Waals surface area contributed by atoms with E-state index in [1.807, 2.05) is 20.8 Å². The molecule has 2 rings (SSSR count). The molecule has 1 unspecified atom stereocenters. The van der Waals surface area contributed by atoms with Crippen LogP contribution in [0.15, 0.2) is 17.7 Å². The number of alkyl halides is 3. The van der Waals surface area contributed by atoms with Crippen molar-refractivity contribution in [3.05, 3.63) is 44.0 Å². The van der Waals surface area contributed by atoms with Gasteiger partial charge in [0.1, 0.15) is 19.0 Å². The highest BCUT2D eigenvalue weighted by Crippen LogP contribution is 2.42. The first kappa shape index (κ1) is 27.2. The van der Waals surface area contributed by atoms with Crippen LogP contribution in [0.2, 0.25) is 5.02 Å². The smallest absolute Gasteiger partial charge is 0.430 e. The lowest BCUT2D eigenvalue weighted by Crippen LogP contribution is -2.41. The minimum Gasteiger partial charge on any atom is -0.475 e. The summed E-state index contributed by atoms with van der Waals surface area (Å²) >= 11 is 6.26. The predicted molar refractivity (Wildman–Crippen MR) is 109 cm³/mol. The first-order chi connectivity index (χ1) is 15.7. The van der Waals surface area contributed by atoms with Crippen LogP contribution in [0.1, 0.15) is 31.9 Å². The molecule has 34 heavy (non-hydrogen) atoms. The zero-order chi connectivity index (χ0) is 25.7. The molecular weight excluding hydrogens is 491 g/mol. The number of halogens is 4. The molecule has 0 saturated carbocycles. The highest BCUT2D eigenvalue weighted by atomic mass is 35.5. The topological polar surface area (TPSA) is 123 Å². The summed E-state index contributed by atoms with van der Waals surface area (Å²) in [4.78, 5) is 37.7. The maximum Gasteiger partial charge on any atom is 0.430 e. The van der Waals surface area contributed by atoms with Gasteiger partial charge in [-0.25, -0.2) is 9.59 Å².